The smallest absolute Gasteiger partial charge is 0.330 e. The van der Waals surface area contributed by atoms with E-state index in [2.05, 4.69) is 135 Å². The normalized spacial score (nSPS) is 11.2. The number of carbonyl (C=O) groups excluding carboxylic acids is 2. The first kappa shape index (κ1) is 53.8. The predicted molar refractivity (Wildman–Crippen MR) is 242 cm³/mol. The third-order valence-corrected chi connectivity index (χ3v) is 8.27. The molecule has 0 aliphatic carbocycles. The van der Waals surface area contributed by atoms with E-state index < -0.39 is 5.97 Å². The number of rotatable bonds is 20. The Hall–Kier alpha value is -5.18. The molecule has 3 heterocycles. The molecule has 0 saturated carbocycles. The van der Waals surface area contributed by atoms with Crippen LogP contribution in [-0.4, -0.2) is 29.9 Å². The van der Waals surface area contributed by atoms with E-state index in [-0.39, 0.29) is 12.4 Å². The van der Waals surface area contributed by atoms with Crippen molar-refractivity contribution in [3.8, 4) is 0 Å². The number of carboxylic acids is 1. The quantitative estimate of drug-likeness (QED) is 0.0399. The number of hydrogen-bond acceptors (Lipinski definition) is 5. The number of allylic oxidation sites excluding steroid dienone is 4. The molecule has 9 heteroatoms. The second kappa shape index (κ2) is 33.8. The minimum Gasteiger partial charge on any atom is -0.619 e. The molecule has 0 fully saturated rings. The highest BCUT2D eigenvalue weighted by molar-refractivity contribution is 5.81. The number of hydrogen-bond donors (Lipinski definition) is 1. The molecule has 9 nitrogen and oxygen atoms in total. The van der Waals surface area contributed by atoms with Crippen molar-refractivity contribution in [1.82, 2.24) is 0 Å². The van der Waals surface area contributed by atoms with Crippen LogP contribution in [0.1, 0.15) is 131 Å². The van der Waals surface area contributed by atoms with E-state index in [0.29, 0.717) is 29.5 Å². The average molecular weight is 814 g/mol. The zero-order chi connectivity index (χ0) is 44.4. The zero-order valence-corrected chi connectivity index (χ0v) is 37.8. The summed E-state index contributed by atoms with van der Waals surface area (Å²) in [6, 6.07) is 14.1. The number of esters is 1. The van der Waals surface area contributed by atoms with Gasteiger partial charge in [0, 0.05) is 74.2 Å². The zero-order valence-electron chi connectivity index (χ0n) is 37.8. The van der Waals surface area contributed by atoms with Gasteiger partial charge in [-0.05, 0) is 73.5 Å². The highest BCUT2D eigenvalue weighted by atomic mass is 16.5. The Bertz CT molecular complexity index is 1690. The average Bonchev–Trinajstić information content (AvgIpc) is 3.19. The summed E-state index contributed by atoms with van der Waals surface area (Å²) < 4.78 is 9.59. The summed E-state index contributed by atoms with van der Waals surface area (Å²) in [7, 11) is 1.37. The molecule has 0 saturated heterocycles. The molecule has 59 heavy (non-hydrogen) atoms. The standard InChI is InChI=1S/C17H26NO.C16H23NO2.C10H13NO.C7H12O2/c1-15(2)11-12-17-10-6-8-14-18(17)13-7-4-5-9-16(3)19;1-14(2)7-8-15-9-12-17(13-10-15)11-5-3-4-6-16(18)19;1-9(2)3-4-10-5-7-11(12)8-6-10;1-6(2)4-5-7(8)9-3/h6,8,10-12,14-15H,4-5,7,9,13H2,1-3H3;7-10,12-14H,3-6,11H2,1-2H3;3-9H,1-2H3;4-6H,1-3H3/q+1;;;/p+1/b12-11+;8-7+;4-3+;5-4+. The van der Waals surface area contributed by atoms with E-state index in [0.717, 1.165) is 68.3 Å². The Morgan fingerprint density at radius 3 is 1.61 bits per heavy atom. The molecule has 3 rings (SSSR count). The molecule has 0 spiro atoms. The van der Waals surface area contributed by atoms with Gasteiger partial charge in [0.15, 0.2) is 31.0 Å². The van der Waals surface area contributed by atoms with Crippen molar-refractivity contribution in [2.75, 3.05) is 7.11 Å². The largest absolute Gasteiger partial charge is 0.619 e. The number of pyridine rings is 3. The van der Waals surface area contributed by atoms with Crippen molar-refractivity contribution < 1.29 is 38.1 Å². The summed E-state index contributed by atoms with van der Waals surface area (Å²) in [5.74, 6) is 1.41. The molecule has 3 aromatic heterocycles. The Balaban J connectivity index is 0.000000792. The van der Waals surface area contributed by atoms with Gasteiger partial charge in [0.2, 0.25) is 5.69 Å². The van der Waals surface area contributed by atoms with Crippen molar-refractivity contribution in [2.45, 2.75) is 127 Å². The van der Waals surface area contributed by atoms with Gasteiger partial charge in [0.1, 0.15) is 18.9 Å². The maximum atomic E-state index is 10.9. The van der Waals surface area contributed by atoms with Crippen LogP contribution in [0.5, 0.6) is 0 Å². The SMILES string of the molecule is CC(=O)CCCCC[n+]1ccccc1/C=C/C(C)C.CC(C)/C=C/c1cc[n+](CCCCCC(=O)O)cc1.CC(C)/C=C/c1cc[n+]([O-])cc1.COC(=O)/C=C/C(C)C. The van der Waals surface area contributed by atoms with Crippen LogP contribution in [0.4, 0.5) is 0 Å². The number of Topliss-reactive ketones (excluding diaryl/α,β-unsaturated/α-hetero) is 1. The number of methoxy groups -OCH3 is 1. The van der Waals surface area contributed by atoms with E-state index in [1.807, 2.05) is 19.9 Å². The van der Waals surface area contributed by atoms with Crippen LogP contribution in [0.2, 0.25) is 0 Å². The molecule has 0 unspecified atom stereocenters. The Kier molecular flexibility index (Phi) is 30.8. The van der Waals surface area contributed by atoms with E-state index in [1.165, 1.54) is 36.8 Å². The molecule has 0 aromatic carbocycles. The number of ether oxygens (including phenoxy) is 1. The highest BCUT2D eigenvalue weighted by Gasteiger charge is 2.06. The molecule has 0 amide bonds. The van der Waals surface area contributed by atoms with Crippen molar-refractivity contribution >= 4 is 35.9 Å². The lowest BCUT2D eigenvalue weighted by atomic mass is 10.1. The van der Waals surface area contributed by atoms with Crippen LogP contribution in [0.25, 0.3) is 18.2 Å². The molecule has 1 N–H and O–H groups in total. The van der Waals surface area contributed by atoms with Gasteiger partial charge < -0.3 is 19.8 Å². The van der Waals surface area contributed by atoms with Gasteiger partial charge in [-0.3, -0.25) is 4.79 Å². The predicted octanol–water partition coefficient (Wildman–Crippen LogP) is 10.4. The topological polar surface area (TPSA) is 115 Å². The van der Waals surface area contributed by atoms with E-state index in [1.54, 1.807) is 25.1 Å². The second-order valence-corrected chi connectivity index (χ2v) is 15.8. The molecule has 0 bridgehead atoms. The highest BCUT2D eigenvalue weighted by Crippen LogP contribution is 2.06. The maximum Gasteiger partial charge on any atom is 0.330 e. The van der Waals surface area contributed by atoms with Gasteiger partial charge in [-0.15, -0.1) is 0 Å². The van der Waals surface area contributed by atoms with E-state index >= 15 is 0 Å². The first-order valence-electron chi connectivity index (χ1n) is 21.2. The van der Waals surface area contributed by atoms with Gasteiger partial charge in [0.25, 0.3) is 0 Å². The monoisotopic (exact) mass is 814 g/mol. The van der Waals surface area contributed by atoms with Crippen LogP contribution in [0, 0.1) is 28.9 Å². The van der Waals surface area contributed by atoms with Crippen LogP contribution >= 0.6 is 0 Å². The molecule has 324 valence electrons. The molecular weight excluding hydrogens is 739 g/mol. The van der Waals surface area contributed by atoms with Gasteiger partial charge in [0.05, 0.1) is 7.11 Å². The number of carbonyl (C=O) groups is 3. The van der Waals surface area contributed by atoms with E-state index in [4.69, 9.17) is 5.11 Å². The van der Waals surface area contributed by atoms with E-state index in [9.17, 15) is 19.6 Å². The molecule has 3 aromatic rings. The number of aromatic nitrogens is 3. The fourth-order valence-electron chi connectivity index (χ4n) is 4.93. The first-order valence-corrected chi connectivity index (χ1v) is 21.2. The molecule has 0 aliphatic rings. The van der Waals surface area contributed by atoms with Gasteiger partial charge in [-0.25, -0.2) is 9.36 Å². The number of nitrogens with zero attached hydrogens (tertiary/aromatic N) is 3. The number of carboxylic acid groups (broad SMARTS) is 1. The van der Waals surface area contributed by atoms with Crippen molar-refractivity contribution in [3.05, 3.63) is 126 Å². The number of aliphatic carboxylic acids is 1. The lowest BCUT2D eigenvalue weighted by Crippen LogP contribution is -2.36. The summed E-state index contributed by atoms with van der Waals surface area (Å²) in [5.41, 5.74) is 3.54. The molecule has 0 aliphatic heterocycles. The van der Waals surface area contributed by atoms with Crippen LogP contribution in [-0.2, 0) is 32.2 Å². The molecular formula is C50H75N3O6+2. The Morgan fingerprint density at radius 1 is 0.627 bits per heavy atom. The van der Waals surface area contributed by atoms with Crippen molar-refractivity contribution in [3.63, 3.8) is 0 Å². The lowest BCUT2D eigenvalue weighted by molar-refractivity contribution is -0.699. The number of aryl methyl sites for hydroxylation is 2. The fourth-order valence-corrected chi connectivity index (χ4v) is 4.93. The summed E-state index contributed by atoms with van der Waals surface area (Å²) >= 11 is 0. The van der Waals surface area contributed by atoms with Crippen molar-refractivity contribution in [1.29, 1.82) is 0 Å². The molecule has 0 atom stereocenters. The summed E-state index contributed by atoms with van der Waals surface area (Å²) in [6.45, 7) is 20.6. The maximum absolute atomic E-state index is 10.9. The molecule has 0 radical (unpaired) electrons. The van der Waals surface area contributed by atoms with Crippen LogP contribution in [0.15, 0.2) is 104 Å². The number of ketones is 1. The minimum atomic E-state index is -0.700. The summed E-state index contributed by atoms with van der Waals surface area (Å²) in [4.78, 5) is 31.6. The van der Waals surface area contributed by atoms with Crippen LogP contribution < -0.4 is 13.9 Å². The van der Waals surface area contributed by atoms with Crippen molar-refractivity contribution in [2.24, 2.45) is 23.7 Å². The van der Waals surface area contributed by atoms with Gasteiger partial charge in [-0.2, -0.15) is 9.30 Å². The third kappa shape index (κ3) is 33.5. The number of unbranched alkanes of at least 4 members (excludes halogenated alkanes) is 4. The third-order valence-electron chi connectivity index (χ3n) is 8.27. The van der Waals surface area contributed by atoms with Gasteiger partial charge in [-0.1, -0.05) is 91.8 Å². The Morgan fingerprint density at radius 2 is 1.12 bits per heavy atom. The fraction of sp³-hybridized carbons (Fsp3) is 0.480. The summed E-state index contributed by atoms with van der Waals surface area (Å²) in [5, 5.41) is 19.2. The second-order valence-electron chi connectivity index (χ2n) is 15.8. The Labute approximate surface area is 356 Å². The lowest BCUT2D eigenvalue weighted by Gasteiger charge is -2.01. The van der Waals surface area contributed by atoms with Crippen LogP contribution in [0.3, 0.4) is 0 Å². The minimum absolute atomic E-state index is 0.281. The summed E-state index contributed by atoms with van der Waals surface area (Å²) in [6.07, 6.45) is 32.4. The first-order chi connectivity index (χ1) is 28.0. The van der Waals surface area contributed by atoms with Gasteiger partial charge >= 0.3 is 11.9 Å².